The largest absolute Gasteiger partial charge is 0.395 e. The first-order valence-corrected chi connectivity index (χ1v) is 5.14. The van der Waals surface area contributed by atoms with Gasteiger partial charge in [0.2, 0.25) is 0 Å². The van der Waals surface area contributed by atoms with Gasteiger partial charge in [-0.15, -0.1) is 0 Å². The van der Waals surface area contributed by atoms with Gasteiger partial charge in [-0.1, -0.05) is 6.92 Å². The van der Waals surface area contributed by atoms with E-state index in [4.69, 9.17) is 5.11 Å². The minimum Gasteiger partial charge on any atom is -0.395 e. The number of rotatable bonds is 7. The van der Waals surface area contributed by atoms with Gasteiger partial charge in [0.05, 0.1) is 6.61 Å². The van der Waals surface area contributed by atoms with Gasteiger partial charge in [0.15, 0.2) is 0 Å². The van der Waals surface area contributed by atoms with Crippen molar-refractivity contribution in [2.45, 2.75) is 38.8 Å². The monoisotopic (exact) mass is 188 g/mol. The lowest BCUT2D eigenvalue weighted by Crippen LogP contribution is -2.36. The van der Waals surface area contributed by atoms with E-state index < -0.39 is 0 Å². The molecule has 0 radical (unpaired) electrons. The number of aliphatic hydroxyl groups excluding tert-OH is 1. The zero-order valence-electron chi connectivity index (χ0n) is 9.38. The SMILES string of the molecule is CCC(C)N(C)CCC(CO)NC. The second-order valence-electron chi connectivity index (χ2n) is 3.69. The first-order chi connectivity index (χ1) is 6.15. The van der Waals surface area contributed by atoms with Crippen LogP contribution in [-0.2, 0) is 0 Å². The molecule has 0 aliphatic rings. The molecule has 0 fully saturated rings. The van der Waals surface area contributed by atoms with Crippen LogP contribution in [0.25, 0.3) is 0 Å². The third-order valence-corrected chi connectivity index (χ3v) is 2.80. The predicted molar refractivity (Wildman–Crippen MR) is 56.9 cm³/mol. The second kappa shape index (κ2) is 7.30. The van der Waals surface area contributed by atoms with E-state index in [1.54, 1.807) is 0 Å². The molecule has 2 N–H and O–H groups in total. The molecule has 0 aliphatic carbocycles. The van der Waals surface area contributed by atoms with E-state index in [-0.39, 0.29) is 12.6 Å². The van der Waals surface area contributed by atoms with Crippen molar-refractivity contribution >= 4 is 0 Å². The maximum absolute atomic E-state index is 8.95. The summed E-state index contributed by atoms with van der Waals surface area (Å²) >= 11 is 0. The molecule has 0 heterocycles. The molecule has 0 aromatic carbocycles. The molecule has 3 nitrogen and oxygen atoms in total. The van der Waals surface area contributed by atoms with Gasteiger partial charge in [0, 0.05) is 12.1 Å². The molecule has 0 bridgehead atoms. The summed E-state index contributed by atoms with van der Waals surface area (Å²) < 4.78 is 0. The highest BCUT2D eigenvalue weighted by atomic mass is 16.3. The van der Waals surface area contributed by atoms with Crippen LogP contribution in [0.2, 0.25) is 0 Å². The number of hydrogen-bond donors (Lipinski definition) is 2. The summed E-state index contributed by atoms with van der Waals surface area (Å²) in [4.78, 5) is 2.33. The molecule has 2 atom stereocenters. The number of likely N-dealkylation sites (N-methyl/N-ethyl adjacent to an activating group) is 1. The Balaban J connectivity index is 3.61. The van der Waals surface area contributed by atoms with Gasteiger partial charge in [-0.05, 0) is 40.4 Å². The Morgan fingerprint density at radius 3 is 2.46 bits per heavy atom. The van der Waals surface area contributed by atoms with E-state index in [1.165, 1.54) is 6.42 Å². The molecule has 0 aliphatic heterocycles. The Labute approximate surface area is 82.1 Å². The van der Waals surface area contributed by atoms with Crippen molar-refractivity contribution in [3.63, 3.8) is 0 Å². The Morgan fingerprint density at radius 1 is 1.46 bits per heavy atom. The maximum Gasteiger partial charge on any atom is 0.0585 e. The minimum atomic E-state index is 0.227. The van der Waals surface area contributed by atoms with Crippen molar-refractivity contribution in [1.82, 2.24) is 10.2 Å². The molecule has 0 aromatic rings. The fraction of sp³-hybridized carbons (Fsp3) is 1.00. The van der Waals surface area contributed by atoms with Gasteiger partial charge < -0.3 is 15.3 Å². The Bertz CT molecular complexity index is 115. The van der Waals surface area contributed by atoms with E-state index in [0.29, 0.717) is 6.04 Å². The molecule has 80 valence electrons. The summed E-state index contributed by atoms with van der Waals surface area (Å²) in [5.74, 6) is 0. The van der Waals surface area contributed by atoms with Crippen molar-refractivity contribution in [3.8, 4) is 0 Å². The van der Waals surface area contributed by atoms with Crippen molar-refractivity contribution in [2.24, 2.45) is 0 Å². The van der Waals surface area contributed by atoms with Crippen LogP contribution in [0.15, 0.2) is 0 Å². The lowest BCUT2D eigenvalue weighted by atomic mass is 10.2. The van der Waals surface area contributed by atoms with Gasteiger partial charge in [-0.2, -0.15) is 0 Å². The van der Waals surface area contributed by atoms with Gasteiger partial charge in [0.1, 0.15) is 0 Å². The Kier molecular flexibility index (Phi) is 7.23. The molecule has 0 amide bonds. The molecule has 0 rings (SSSR count). The average molecular weight is 188 g/mol. The Hall–Kier alpha value is -0.120. The Morgan fingerprint density at radius 2 is 2.08 bits per heavy atom. The normalized spacial score (nSPS) is 16.2. The van der Waals surface area contributed by atoms with E-state index in [9.17, 15) is 0 Å². The quantitative estimate of drug-likeness (QED) is 0.617. The summed E-state index contributed by atoms with van der Waals surface area (Å²) in [7, 11) is 4.03. The van der Waals surface area contributed by atoms with Crippen LogP contribution in [-0.4, -0.2) is 49.3 Å². The van der Waals surface area contributed by atoms with Crippen LogP contribution >= 0.6 is 0 Å². The molecule has 3 heteroatoms. The van der Waals surface area contributed by atoms with Gasteiger partial charge in [-0.3, -0.25) is 0 Å². The van der Waals surface area contributed by atoms with Gasteiger partial charge in [0.25, 0.3) is 0 Å². The van der Waals surface area contributed by atoms with Gasteiger partial charge >= 0.3 is 0 Å². The van der Waals surface area contributed by atoms with E-state index in [0.717, 1.165) is 13.0 Å². The number of hydrogen-bond acceptors (Lipinski definition) is 3. The molecule has 0 spiro atoms. The smallest absolute Gasteiger partial charge is 0.0585 e. The first-order valence-electron chi connectivity index (χ1n) is 5.14. The molecule has 0 saturated carbocycles. The summed E-state index contributed by atoms with van der Waals surface area (Å²) in [6, 6.07) is 0.878. The second-order valence-corrected chi connectivity index (χ2v) is 3.69. The van der Waals surface area contributed by atoms with Crippen molar-refractivity contribution in [2.75, 3.05) is 27.2 Å². The minimum absolute atomic E-state index is 0.227. The lowest BCUT2D eigenvalue weighted by Gasteiger charge is -2.25. The molecule has 0 saturated heterocycles. The third kappa shape index (κ3) is 5.24. The van der Waals surface area contributed by atoms with E-state index in [2.05, 4.69) is 31.1 Å². The highest BCUT2D eigenvalue weighted by Crippen LogP contribution is 2.02. The van der Waals surface area contributed by atoms with Crippen LogP contribution in [0.4, 0.5) is 0 Å². The zero-order chi connectivity index (χ0) is 10.3. The molecule has 0 aromatic heterocycles. The highest BCUT2D eigenvalue weighted by molar-refractivity contribution is 4.67. The van der Waals surface area contributed by atoms with E-state index in [1.807, 2.05) is 7.05 Å². The standard InChI is InChI=1S/C10H24N2O/c1-5-9(2)12(4)7-6-10(8-13)11-3/h9-11,13H,5-8H2,1-4H3. The van der Waals surface area contributed by atoms with Crippen LogP contribution in [0, 0.1) is 0 Å². The zero-order valence-corrected chi connectivity index (χ0v) is 9.38. The maximum atomic E-state index is 8.95. The highest BCUT2D eigenvalue weighted by Gasteiger charge is 2.09. The summed E-state index contributed by atoms with van der Waals surface area (Å²) in [5.41, 5.74) is 0. The van der Waals surface area contributed by atoms with Crippen molar-refractivity contribution in [3.05, 3.63) is 0 Å². The van der Waals surface area contributed by atoms with Crippen LogP contribution in [0.1, 0.15) is 26.7 Å². The molecule has 2 unspecified atom stereocenters. The number of aliphatic hydroxyl groups is 1. The number of nitrogens with zero attached hydrogens (tertiary/aromatic N) is 1. The van der Waals surface area contributed by atoms with Crippen LogP contribution in [0.3, 0.4) is 0 Å². The summed E-state index contributed by atoms with van der Waals surface area (Å²) in [6.45, 7) is 5.70. The molecular weight excluding hydrogens is 164 g/mol. The fourth-order valence-electron chi connectivity index (χ4n) is 1.22. The predicted octanol–water partition coefficient (Wildman–Crippen LogP) is 0.687. The van der Waals surface area contributed by atoms with Crippen molar-refractivity contribution < 1.29 is 5.11 Å². The first kappa shape index (κ1) is 12.9. The topological polar surface area (TPSA) is 35.5 Å². The molecule has 13 heavy (non-hydrogen) atoms. The third-order valence-electron chi connectivity index (χ3n) is 2.80. The average Bonchev–Trinajstić information content (AvgIpc) is 2.17. The van der Waals surface area contributed by atoms with E-state index >= 15 is 0 Å². The fourth-order valence-corrected chi connectivity index (χ4v) is 1.22. The van der Waals surface area contributed by atoms with Crippen LogP contribution < -0.4 is 5.32 Å². The lowest BCUT2D eigenvalue weighted by molar-refractivity contribution is 0.202. The van der Waals surface area contributed by atoms with Crippen LogP contribution in [0.5, 0.6) is 0 Å². The van der Waals surface area contributed by atoms with Gasteiger partial charge in [-0.25, -0.2) is 0 Å². The summed E-state index contributed by atoms with van der Waals surface area (Å²) in [5, 5.41) is 12.0. The molecular formula is C10H24N2O. The van der Waals surface area contributed by atoms with Crippen molar-refractivity contribution in [1.29, 1.82) is 0 Å². The number of nitrogens with one attached hydrogen (secondary N) is 1. The summed E-state index contributed by atoms with van der Waals surface area (Å²) in [6.07, 6.45) is 2.19.